The van der Waals surface area contributed by atoms with Crippen molar-refractivity contribution < 1.29 is 9.50 Å². The Morgan fingerprint density at radius 2 is 1.94 bits per heavy atom. The predicted octanol–water partition coefficient (Wildman–Crippen LogP) is 0.404. The quantitative estimate of drug-likeness (QED) is 0.737. The summed E-state index contributed by atoms with van der Waals surface area (Å²) < 4.78 is 13.1. The molecule has 0 fully saturated rings. The first-order chi connectivity index (χ1) is 8.60. The van der Waals surface area contributed by atoms with Crippen LogP contribution in [-0.4, -0.2) is 21.7 Å². The summed E-state index contributed by atoms with van der Waals surface area (Å²) in [5.74, 6) is -0.436. The minimum absolute atomic E-state index is 0.149. The number of nitrogens with one attached hydrogen (secondary N) is 2. The van der Waals surface area contributed by atoms with E-state index in [1.54, 1.807) is 0 Å². The molecule has 0 bridgehead atoms. The van der Waals surface area contributed by atoms with Crippen LogP contribution in [0, 0.1) is 5.82 Å². The average molecular weight is 250 g/mol. The maximum Gasteiger partial charge on any atom is 0.326 e. The van der Waals surface area contributed by atoms with Gasteiger partial charge in [-0.25, -0.2) is 9.18 Å². The van der Waals surface area contributed by atoms with Gasteiger partial charge in [-0.15, -0.1) is 0 Å². The van der Waals surface area contributed by atoms with E-state index in [0.717, 1.165) is 0 Å². The van der Waals surface area contributed by atoms with Crippen LogP contribution in [0.2, 0.25) is 0 Å². The summed E-state index contributed by atoms with van der Waals surface area (Å²) in [6, 6.07) is 5.18. The molecule has 0 atom stereocenters. The first-order valence-corrected chi connectivity index (χ1v) is 5.33. The highest BCUT2D eigenvalue weighted by molar-refractivity contribution is 5.63. The molecular weight excluding hydrogens is 239 g/mol. The van der Waals surface area contributed by atoms with Gasteiger partial charge in [0.25, 0.3) is 5.56 Å². The molecule has 94 valence electrons. The number of hydrogen-bond donors (Lipinski definition) is 3. The molecule has 0 aliphatic rings. The summed E-state index contributed by atoms with van der Waals surface area (Å²) in [6.45, 7) is -0.149. The van der Waals surface area contributed by atoms with Crippen molar-refractivity contribution in [2.75, 3.05) is 6.61 Å². The first kappa shape index (κ1) is 12.3. The minimum Gasteiger partial charge on any atom is -0.396 e. The Morgan fingerprint density at radius 1 is 1.17 bits per heavy atom. The smallest absolute Gasteiger partial charge is 0.326 e. The van der Waals surface area contributed by atoms with Crippen molar-refractivity contribution in [1.82, 2.24) is 9.97 Å². The standard InChI is InChI=1S/C12H11FN2O3/c13-8-1-2-9(7(5-8)3-4-16)10-6-11(17)15-12(18)14-10/h1-2,5-6,16H,3-4H2,(H2,14,15,17,18). The molecule has 0 unspecified atom stereocenters. The SMILES string of the molecule is O=c1cc(-c2ccc(F)cc2CCO)[nH]c(=O)[nH]1. The molecule has 0 saturated heterocycles. The van der Waals surface area contributed by atoms with Crippen LogP contribution in [0.5, 0.6) is 0 Å². The Labute approximate surface area is 101 Å². The van der Waals surface area contributed by atoms with E-state index < -0.39 is 17.1 Å². The molecule has 1 heterocycles. The lowest BCUT2D eigenvalue weighted by atomic mass is 10.0. The fourth-order valence-corrected chi connectivity index (χ4v) is 1.77. The maximum atomic E-state index is 13.1. The van der Waals surface area contributed by atoms with Crippen LogP contribution < -0.4 is 11.2 Å². The van der Waals surface area contributed by atoms with E-state index in [0.29, 0.717) is 16.8 Å². The first-order valence-electron chi connectivity index (χ1n) is 5.33. The Morgan fingerprint density at radius 3 is 2.61 bits per heavy atom. The number of aliphatic hydroxyl groups is 1. The van der Waals surface area contributed by atoms with Gasteiger partial charge in [-0.05, 0) is 30.2 Å². The fraction of sp³-hybridized carbons (Fsp3) is 0.167. The number of aromatic nitrogens is 2. The molecule has 6 heteroatoms. The molecule has 1 aromatic heterocycles. The van der Waals surface area contributed by atoms with E-state index >= 15 is 0 Å². The Hall–Kier alpha value is -2.21. The van der Waals surface area contributed by atoms with Crippen molar-refractivity contribution in [3.63, 3.8) is 0 Å². The second-order valence-electron chi connectivity index (χ2n) is 3.78. The molecule has 0 spiro atoms. The van der Waals surface area contributed by atoms with Crippen molar-refractivity contribution in [2.45, 2.75) is 6.42 Å². The number of halogens is 1. The van der Waals surface area contributed by atoms with Gasteiger partial charge in [0.1, 0.15) is 5.82 Å². The summed E-state index contributed by atoms with van der Waals surface area (Å²) >= 11 is 0. The number of H-pyrrole nitrogens is 2. The van der Waals surface area contributed by atoms with Crippen molar-refractivity contribution in [3.05, 3.63) is 56.5 Å². The highest BCUT2D eigenvalue weighted by Gasteiger charge is 2.08. The summed E-state index contributed by atoms with van der Waals surface area (Å²) in [4.78, 5) is 26.9. The molecule has 18 heavy (non-hydrogen) atoms. The van der Waals surface area contributed by atoms with Gasteiger partial charge in [0, 0.05) is 18.2 Å². The van der Waals surface area contributed by atoms with Crippen LogP contribution in [0.3, 0.4) is 0 Å². The topological polar surface area (TPSA) is 85.9 Å². The molecule has 1 aromatic carbocycles. The summed E-state index contributed by atoms with van der Waals surface area (Å²) in [5, 5.41) is 8.93. The van der Waals surface area contributed by atoms with E-state index in [9.17, 15) is 14.0 Å². The van der Waals surface area contributed by atoms with E-state index in [4.69, 9.17) is 5.11 Å². The maximum absolute atomic E-state index is 13.1. The van der Waals surface area contributed by atoms with Crippen molar-refractivity contribution in [3.8, 4) is 11.3 Å². The lowest BCUT2D eigenvalue weighted by molar-refractivity contribution is 0.299. The van der Waals surface area contributed by atoms with E-state index in [1.165, 1.54) is 24.3 Å². The number of rotatable bonds is 3. The average Bonchev–Trinajstić information content (AvgIpc) is 2.28. The molecule has 0 radical (unpaired) electrons. The molecule has 5 nitrogen and oxygen atoms in total. The highest BCUT2D eigenvalue weighted by atomic mass is 19.1. The number of hydrogen-bond acceptors (Lipinski definition) is 3. The van der Waals surface area contributed by atoms with E-state index in [2.05, 4.69) is 9.97 Å². The second kappa shape index (κ2) is 4.97. The van der Waals surface area contributed by atoms with Gasteiger partial charge in [-0.1, -0.05) is 0 Å². The summed E-state index contributed by atoms with van der Waals surface area (Å²) in [7, 11) is 0. The van der Waals surface area contributed by atoms with Crippen LogP contribution in [-0.2, 0) is 6.42 Å². The van der Waals surface area contributed by atoms with Crippen molar-refractivity contribution >= 4 is 0 Å². The Bertz CT molecular complexity index is 647. The van der Waals surface area contributed by atoms with Gasteiger partial charge < -0.3 is 10.1 Å². The fourth-order valence-electron chi connectivity index (χ4n) is 1.77. The van der Waals surface area contributed by atoms with E-state index in [1.807, 2.05) is 0 Å². The lowest BCUT2D eigenvalue weighted by Crippen LogP contribution is -2.21. The predicted molar refractivity (Wildman–Crippen MR) is 63.9 cm³/mol. The number of benzene rings is 1. The zero-order valence-electron chi connectivity index (χ0n) is 9.37. The molecule has 0 aliphatic heterocycles. The van der Waals surface area contributed by atoms with Crippen LogP contribution in [0.15, 0.2) is 33.9 Å². The number of aromatic amines is 2. The number of aliphatic hydroxyl groups excluding tert-OH is 1. The van der Waals surface area contributed by atoms with Crippen LogP contribution in [0.25, 0.3) is 11.3 Å². The Balaban J connectivity index is 2.62. The molecular formula is C12H11FN2O3. The molecule has 0 aliphatic carbocycles. The highest BCUT2D eigenvalue weighted by Crippen LogP contribution is 2.21. The third-order valence-corrected chi connectivity index (χ3v) is 2.50. The van der Waals surface area contributed by atoms with Gasteiger partial charge in [0.05, 0.1) is 5.69 Å². The third kappa shape index (κ3) is 2.54. The van der Waals surface area contributed by atoms with Crippen LogP contribution in [0.1, 0.15) is 5.56 Å². The van der Waals surface area contributed by atoms with Gasteiger partial charge in [-0.2, -0.15) is 0 Å². The Kier molecular flexibility index (Phi) is 3.38. The van der Waals surface area contributed by atoms with Crippen molar-refractivity contribution in [1.29, 1.82) is 0 Å². The summed E-state index contributed by atoms with van der Waals surface area (Å²) in [5.41, 5.74) is 0.185. The van der Waals surface area contributed by atoms with Gasteiger partial charge in [0.2, 0.25) is 0 Å². The normalized spacial score (nSPS) is 10.6. The molecule has 0 saturated carbocycles. The van der Waals surface area contributed by atoms with Crippen molar-refractivity contribution in [2.24, 2.45) is 0 Å². The third-order valence-electron chi connectivity index (χ3n) is 2.50. The monoisotopic (exact) mass is 250 g/mol. The minimum atomic E-state index is -0.628. The van der Waals surface area contributed by atoms with Crippen LogP contribution in [0.4, 0.5) is 4.39 Å². The molecule has 0 amide bonds. The van der Waals surface area contributed by atoms with Gasteiger partial charge in [0.15, 0.2) is 0 Å². The zero-order chi connectivity index (χ0) is 13.1. The van der Waals surface area contributed by atoms with E-state index in [-0.39, 0.29) is 13.0 Å². The lowest BCUT2D eigenvalue weighted by Gasteiger charge is -2.08. The largest absolute Gasteiger partial charge is 0.396 e. The second-order valence-corrected chi connectivity index (χ2v) is 3.78. The van der Waals surface area contributed by atoms with Gasteiger partial charge in [-0.3, -0.25) is 9.78 Å². The van der Waals surface area contributed by atoms with Crippen LogP contribution >= 0.6 is 0 Å². The summed E-state index contributed by atoms with van der Waals surface area (Å²) in [6.07, 6.45) is 0.238. The molecule has 2 aromatic rings. The van der Waals surface area contributed by atoms with Gasteiger partial charge >= 0.3 is 5.69 Å². The zero-order valence-corrected chi connectivity index (χ0v) is 9.37. The molecule has 2 rings (SSSR count). The molecule has 3 N–H and O–H groups in total.